The van der Waals surface area contributed by atoms with Crippen LogP contribution in [0.15, 0.2) is 24.3 Å². The summed E-state index contributed by atoms with van der Waals surface area (Å²) in [4.78, 5) is 11.7. The summed E-state index contributed by atoms with van der Waals surface area (Å²) in [6.07, 6.45) is 3.89. The highest BCUT2D eigenvalue weighted by Gasteiger charge is 2.23. The lowest BCUT2D eigenvalue weighted by Crippen LogP contribution is -2.41. The first-order valence-electron chi connectivity index (χ1n) is 6.44. The molecule has 0 heterocycles. The number of rotatable bonds is 5. The van der Waals surface area contributed by atoms with E-state index in [1.165, 1.54) is 19.3 Å². The Morgan fingerprint density at radius 1 is 1.50 bits per heavy atom. The molecule has 4 heteroatoms. The quantitative estimate of drug-likeness (QED) is 0.860. The summed E-state index contributed by atoms with van der Waals surface area (Å²) >= 11 is 5.86. The third-order valence-corrected chi connectivity index (χ3v) is 3.79. The Hall–Kier alpha value is -1.06. The molecule has 2 N–H and O–H groups in total. The largest absolute Gasteiger partial charge is 0.325 e. The van der Waals surface area contributed by atoms with Crippen molar-refractivity contribution < 1.29 is 4.79 Å². The second kappa shape index (κ2) is 6.21. The highest BCUT2D eigenvalue weighted by molar-refractivity contribution is 6.30. The van der Waals surface area contributed by atoms with Gasteiger partial charge in [0.05, 0.1) is 6.54 Å². The average Bonchev–Trinajstić information content (AvgIpc) is 2.24. The SMILES string of the molecule is CC(NCC(=O)Nc1cccc(Cl)c1)C1CCC1. The van der Waals surface area contributed by atoms with Gasteiger partial charge >= 0.3 is 0 Å². The van der Waals surface area contributed by atoms with Crippen molar-refractivity contribution in [1.29, 1.82) is 0 Å². The normalized spacial score (nSPS) is 17.0. The standard InChI is InChI=1S/C14H19ClN2O/c1-10(11-4-2-5-11)16-9-14(18)17-13-7-3-6-12(15)8-13/h3,6-8,10-11,16H,2,4-5,9H2,1H3,(H,17,18). The van der Waals surface area contributed by atoms with Gasteiger partial charge in [-0.05, 0) is 43.9 Å². The summed E-state index contributed by atoms with van der Waals surface area (Å²) < 4.78 is 0. The van der Waals surface area contributed by atoms with Gasteiger partial charge in [0.2, 0.25) is 5.91 Å². The van der Waals surface area contributed by atoms with Gasteiger partial charge in [0, 0.05) is 16.8 Å². The van der Waals surface area contributed by atoms with Crippen molar-refractivity contribution in [3.8, 4) is 0 Å². The van der Waals surface area contributed by atoms with E-state index in [-0.39, 0.29) is 5.91 Å². The molecule has 1 unspecified atom stereocenters. The fraction of sp³-hybridized carbons (Fsp3) is 0.500. The molecular weight excluding hydrogens is 248 g/mol. The van der Waals surface area contributed by atoms with E-state index in [9.17, 15) is 4.79 Å². The molecule has 18 heavy (non-hydrogen) atoms. The fourth-order valence-electron chi connectivity index (χ4n) is 2.13. The van der Waals surface area contributed by atoms with Crippen LogP contribution in [0.2, 0.25) is 5.02 Å². The number of nitrogens with one attached hydrogen (secondary N) is 2. The number of hydrogen-bond donors (Lipinski definition) is 2. The molecule has 1 saturated carbocycles. The molecule has 0 radical (unpaired) electrons. The van der Waals surface area contributed by atoms with Crippen LogP contribution in [-0.2, 0) is 4.79 Å². The van der Waals surface area contributed by atoms with Crippen LogP contribution in [0.5, 0.6) is 0 Å². The Balaban J connectivity index is 1.74. The first-order chi connectivity index (χ1) is 8.65. The number of carbonyl (C=O) groups excluding carboxylic acids is 1. The van der Waals surface area contributed by atoms with Crippen LogP contribution in [0.3, 0.4) is 0 Å². The lowest BCUT2D eigenvalue weighted by Gasteiger charge is -2.31. The zero-order valence-corrected chi connectivity index (χ0v) is 11.3. The number of halogens is 1. The number of amides is 1. The van der Waals surface area contributed by atoms with Gasteiger partial charge in [-0.1, -0.05) is 24.1 Å². The maximum atomic E-state index is 11.7. The van der Waals surface area contributed by atoms with E-state index in [0.29, 0.717) is 17.6 Å². The minimum absolute atomic E-state index is 0.0246. The number of carbonyl (C=O) groups is 1. The fourth-order valence-corrected chi connectivity index (χ4v) is 2.32. The predicted molar refractivity (Wildman–Crippen MR) is 74.9 cm³/mol. The van der Waals surface area contributed by atoms with Crippen LogP contribution in [-0.4, -0.2) is 18.5 Å². The van der Waals surface area contributed by atoms with Gasteiger partial charge in [0.15, 0.2) is 0 Å². The molecular formula is C14H19ClN2O. The molecule has 1 aromatic rings. The number of benzene rings is 1. The molecule has 0 saturated heterocycles. The smallest absolute Gasteiger partial charge is 0.238 e. The van der Waals surface area contributed by atoms with Crippen molar-refractivity contribution >= 4 is 23.2 Å². The number of anilines is 1. The van der Waals surface area contributed by atoms with Gasteiger partial charge in [0.25, 0.3) is 0 Å². The third kappa shape index (κ3) is 3.72. The molecule has 1 aromatic carbocycles. The van der Waals surface area contributed by atoms with Gasteiger partial charge < -0.3 is 10.6 Å². The maximum Gasteiger partial charge on any atom is 0.238 e. The van der Waals surface area contributed by atoms with E-state index in [0.717, 1.165) is 11.6 Å². The van der Waals surface area contributed by atoms with Gasteiger partial charge in [-0.15, -0.1) is 0 Å². The molecule has 0 bridgehead atoms. The Labute approximate surface area is 113 Å². The second-order valence-electron chi connectivity index (χ2n) is 4.92. The average molecular weight is 267 g/mol. The number of hydrogen-bond acceptors (Lipinski definition) is 2. The summed E-state index contributed by atoms with van der Waals surface area (Å²) in [6, 6.07) is 7.61. The van der Waals surface area contributed by atoms with Crippen molar-refractivity contribution in [1.82, 2.24) is 5.32 Å². The molecule has 1 aliphatic rings. The molecule has 0 aromatic heterocycles. The molecule has 98 valence electrons. The molecule has 3 nitrogen and oxygen atoms in total. The Kier molecular flexibility index (Phi) is 4.61. The predicted octanol–water partition coefficient (Wildman–Crippen LogP) is 3.06. The van der Waals surface area contributed by atoms with Crippen molar-refractivity contribution in [2.24, 2.45) is 5.92 Å². The summed E-state index contributed by atoms with van der Waals surface area (Å²) in [5.74, 6) is 0.715. The molecule has 1 amide bonds. The van der Waals surface area contributed by atoms with Crippen molar-refractivity contribution in [3.05, 3.63) is 29.3 Å². The van der Waals surface area contributed by atoms with E-state index >= 15 is 0 Å². The van der Waals surface area contributed by atoms with Crippen LogP contribution in [0.25, 0.3) is 0 Å². The Bertz CT molecular complexity index is 418. The summed E-state index contributed by atoms with van der Waals surface area (Å²) in [6.45, 7) is 2.50. The van der Waals surface area contributed by atoms with Gasteiger partial charge in [0.1, 0.15) is 0 Å². The Morgan fingerprint density at radius 3 is 2.89 bits per heavy atom. The van der Waals surface area contributed by atoms with E-state index in [4.69, 9.17) is 11.6 Å². The molecule has 1 aliphatic carbocycles. The minimum atomic E-state index is -0.0246. The van der Waals surface area contributed by atoms with Crippen LogP contribution in [0.1, 0.15) is 26.2 Å². The molecule has 0 aliphatic heterocycles. The maximum absolute atomic E-state index is 11.7. The van der Waals surface area contributed by atoms with Crippen molar-refractivity contribution in [2.45, 2.75) is 32.2 Å². The first kappa shape index (κ1) is 13.4. The highest BCUT2D eigenvalue weighted by atomic mass is 35.5. The molecule has 1 fully saturated rings. The molecule has 1 atom stereocenters. The first-order valence-corrected chi connectivity index (χ1v) is 6.82. The van der Waals surface area contributed by atoms with E-state index in [1.807, 2.05) is 12.1 Å². The second-order valence-corrected chi connectivity index (χ2v) is 5.36. The Morgan fingerprint density at radius 2 is 2.28 bits per heavy atom. The monoisotopic (exact) mass is 266 g/mol. The van der Waals surface area contributed by atoms with Gasteiger partial charge in [-0.25, -0.2) is 0 Å². The summed E-state index contributed by atoms with van der Waals surface area (Å²) in [5, 5.41) is 6.73. The summed E-state index contributed by atoms with van der Waals surface area (Å²) in [7, 11) is 0. The van der Waals surface area contributed by atoms with E-state index < -0.39 is 0 Å². The third-order valence-electron chi connectivity index (χ3n) is 3.55. The van der Waals surface area contributed by atoms with Gasteiger partial charge in [-0.2, -0.15) is 0 Å². The lowest BCUT2D eigenvalue weighted by molar-refractivity contribution is -0.115. The summed E-state index contributed by atoms with van der Waals surface area (Å²) in [5.41, 5.74) is 0.741. The topological polar surface area (TPSA) is 41.1 Å². The van der Waals surface area contributed by atoms with Crippen LogP contribution in [0.4, 0.5) is 5.69 Å². The van der Waals surface area contributed by atoms with Crippen LogP contribution < -0.4 is 10.6 Å². The van der Waals surface area contributed by atoms with Crippen molar-refractivity contribution in [2.75, 3.05) is 11.9 Å². The zero-order chi connectivity index (χ0) is 13.0. The van der Waals surface area contributed by atoms with E-state index in [1.54, 1.807) is 12.1 Å². The lowest BCUT2D eigenvalue weighted by atomic mass is 9.80. The van der Waals surface area contributed by atoms with E-state index in [2.05, 4.69) is 17.6 Å². The van der Waals surface area contributed by atoms with Crippen molar-refractivity contribution in [3.63, 3.8) is 0 Å². The minimum Gasteiger partial charge on any atom is -0.325 e. The highest BCUT2D eigenvalue weighted by Crippen LogP contribution is 2.29. The molecule has 2 rings (SSSR count). The van der Waals surface area contributed by atoms with Crippen LogP contribution >= 0.6 is 11.6 Å². The molecule has 0 spiro atoms. The van der Waals surface area contributed by atoms with Gasteiger partial charge in [-0.3, -0.25) is 4.79 Å². The van der Waals surface area contributed by atoms with Crippen LogP contribution in [0, 0.1) is 5.92 Å². The zero-order valence-electron chi connectivity index (χ0n) is 10.6.